The molecule has 1 heterocycles. The Kier molecular flexibility index (Phi) is 3.02. The molecule has 2 rings (SSSR count). The Morgan fingerprint density at radius 1 is 1.44 bits per heavy atom. The van der Waals surface area contributed by atoms with E-state index in [0.29, 0.717) is 5.89 Å². The van der Waals surface area contributed by atoms with Crippen LogP contribution in [0, 0.1) is 6.92 Å². The number of hydrogen-bond acceptors (Lipinski definition) is 6. The van der Waals surface area contributed by atoms with Gasteiger partial charge >= 0.3 is 6.01 Å². The van der Waals surface area contributed by atoms with Crippen molar-refractivity contribution in [2.24, 2.45) is 5.84 Å². The van der Waals surface area contributed by atoms with Crippen LogP contribution in [-0.4, -0.2) is 10.2 Å². The number of anilines is 1. The molecule has 0 aliphatic carbocycles. The molecule has 0 radical (unpaired) electrons. The second-order valence-corrected chi connectivity index (χ2v) is 3.25. The van der Waals surface area contributed by atoms with Crippen LogP contribution in [0.25, 0.3) is 0 Å². The number of nitrogen functional groups attached to an aromatic ring is 1. The van der Waals surface area contributed by atoms with Gasteiger partial charge in [-0.05, 0) is 24.6 Å². The maximum atomic E-state index is 5.47. The Labute approximate surface area is 92.4 Å². The van der Waals surface area contributed by atoms with E-state index in [1.807, 2.05) is 31.2 Å². The van der Waals surface area contributed by atoms with E-state index in [9.17, 15) is 0 Å². The topological polar surface area (TPSA) is 86.2 Å². The van der Waals surface area contributed by atoms with Crippen LogP contribution in [0.5, 0.6) is 5.75 Å². The van der Waals surface area contributed by atoms with Crippen molar-refractivity contribution in [3.05, 3.63) is 35.7 Å². The van der Waals surface area contributed by atoms with Crippen LogP contribution >= 0.6 is 0 Å². The van der Waals surface area contributed by atoms with Crippen molar-refractivity contribution >= 4 is 6.01 Å². The van der Waals surface area contributed by atoms with Gasteiger partial charge < -0.3 is 9.15 Å². The number of hydrogen-bond donors (Lipinski definition) is 2. The Balaban J connectivity index is 1.96. The summed E-state index contributed by atoms with van der Waals surface area (Å²) in [4.78, 5) is 0. The highest BCUT2D eigenvalue weighted by molar-refractivity contribution is 5.27. The van der Waals surface area contributed by atoms with Crippen molar-refractivity contribution in [2.45, 2.75) is 13.5 Å². The van der Waals surface area contributed by atoms with Crippen molar-refractivity contribution in [3.63, 3.8) is 0 Å². The highest BCUT2D eigenvalue weighted by Crippen LogP contribution is 2.14. The third-order valence-corrected chi connectivity index (χ3v) is 1.94. The van der Waals surface area contributed by atoms with Crippen LogP contribution < -0.4 is 16.0 Å². The Hall–Kier alpha value is -2.08. The van der Waals surface area contributed by atoms with Gasteiger partial charge in [-0.3, -0.25) is 5.43 Å². The first-order valence-electron chi connectivity index (χ1n) is 4.76. The lowest BCUT2D eigenvalue weighted by atomic mass is 10.2. The van der Waals surface area contributed by atoms with E-state index >= 15 is 0 Å². The van der Waals surface area contributed by atoms with E-state index in [-0.39, 0.29) is 12.6 Å². The summed E-state index contributed by atoms with van der Waals surface area (Å²) in [6, 6.07) is 7.88. The number of rotatable bonds is 4. The molecule has 1 aromatic carbocycles. The summed E-state index contributed by atoms with van der Waals surface area (Å²) in [7, 11) is 0. The smallest absolute Gasteiger partial charge is 0.330 e. The first kappa shape index (κ1) is 10.4. The van der Waals surface area contributed by atoms with Crippen LogP contribution in [0.2, 0.25) is 0 Å². The van der Waals surface area contributed by atoms with Crippen molar-refractivity contribution in [2.75, 3.05) is 5.43 Å². The molecule has 2 aromatic rings. The number of ether oxygens (including phenoxy) is 1. The van der Waals surface area contributed by atoms with Crippen molar-refractivity contribution in [1.82, 2.24) is 10.2 Å². The molecule has 3 N–H and O–H groups in total. The third kappa shape index (κ3) is 2.48. The maximum absolute atomic E-state index is 5.47. The van der Waals surface area contributed by atoms with Crippen LogP contribution in [0.4, 0.5) is 6.01 Å². The third-order valence-electron chi connectivity index (χ3n) is 1.94. The van der Waals surface area contributed by atoms with Crippen molar-refractivity contribution < 1.29 is 9.15 Å². The molecule has 0 saturated heterocycles. The molecule has 0 amide bonds. The summed E-state index contributed by atoms with van der Waals surface area (Å²) in [5, 5.41) is 7.37. The zero-order valence-corrected chi connectivity index (χ0v) is 8.80. The second kappa shape index (κ2) is 4.63. The molecule has 0 aliphatic heterocycles. The first-order valence-corrected chi connectivity index (χ1v) is 4.76. The fraction of sp³-hybridized carbons (Fsp3) is 0.200. The van der Waals surface area contributed by atoms with Crippen molar-refractivity contribution in [1.29, 1.82) is 0 Å². The second-order valence-electron chi connectivity index (χ2n) is 3.25. The SMILES string of the molecule is Cc1cccc(OCc2nnc(NN)o2)c1. The van der Waals surface area contributed by atoms with Gasteiger partial charge in [-0.25, -0.2) is 5.84 Å². The zero-order chi connectivity index (χ0) is 11.4. The maximum Gasteiger partial charge on any atom is 0.330 e. The Bertz CT molecular complexity index is 469. The lowest BCUT2D eigenvalue weighted by molar-refractivity contribution is 0.264. The molecular weight excluding hydrogens is 208 g/mol. The molecule has 0 unspecified atom stereocenters. The standard InChI is InChI=1S/C10H12N4O2/c1-7-3-2-4-8(5-7)15-6-9-13-14-10(12-11)16-9/h2-5H,6,11H2,1H3,(H,12,14). The molecule has 0 fully saturated rings. The zero-order valence-electron chi connectivity index (χ0n) is 8.80. The Morgan fingerprint density at radius 2 is 2.31 bits per heavy atom. The predicted molar refractivity (Wildman–Crippen MR) is 57.6 cm³/mol. The molecule has 0 bridgehead atoms. The summed E-state index contributed by atoms with van der Waals surface area (Å²) in [5.41, 5.74) is 3.39. The van der Waals surface area contributed by atoms with Gasteiger partial charge in [0.05, 0.1) is 0 Å². The molecule has 0 saturated carbocycles. The fourth-order valence-electron chi connectivity index (χ4n) is 1.22. The number of aryl methyl sites for hydroxylation is 1. The molecule has 0 aliphatic rings. The Morgan fingerprint density at radius 3 is 3.00 bits per heavy atom. The molecular formula is C10H12N4O2. The lowest BCUT2D eigenvalue weighted by Crippen LogP contribution is -2.06. The highest BCUT2D eigenvalue weighted by Gasteiger charge is 2.04. The van der Waals surface area contributed by atoms with E-state index in [1.54, 1.807) is 0 Å². The number of aromatic nitrogens is 2. The predicted octanol–water partition coefficient (Wildman–Crippen LogP) is 1.24. The van der Waals surface area contributed by atoms with Crippen LogP contribution in [0.3, 0.4) is 0 Å². The summed E-state index contributed by atoms with van der Waals surface area (Å²) in [5.74, 6) is 6.24. The largest absolute Gasteiger partial charge is 0.484 e. The molecule has 0 atom stereocenters. The molecule has 84 valence electrons. The fourth-order valence-corrected chi connectivity index (χ4v) is 1.22. The number of nitrogens with one attached hydrogen (secondary N) is 1. The van der Waals surface area contributed by atoms with E-state index in [2.05, 4.69) is 15.6 Å². The van der Waals surface area contributed by atoms with Gasteiger partial charge in [-0.2, -0.15) is 0 Å². The normalized spacial score (nSPS) is 10.1. The molecule has 16 heavy (non-hydrogen) atoms. The van der Waals surface area contributed by atoms with Gasteiger partial charge in [0.25, 0.3) is 5.89 Å². The summed E-state index contributed by atoms with van der Waals surface area (Å²) >= 11 is 0. The van der Waals surface area contributed by atoms with E-state index in [4.69, 9.17) is 15.0 Å². The monoisotopic (exact) mass is 220 g/mol. The molecule has 1 aromatic heterocycles. The van der Waals surface area contributed by atoms with E-state index in [1.165, 1.54) is 0 Å². The van der Waals surface area contributed by atoms with Gasteiger partial charge in [-0.1, -0.05) is 17.2 Å². The molecule has 6 heteroatoms. The minimum absolute atomic E-state index is 0.169. The number of benzene rings is 1. The number of nitrogens with zero attached hydrogens (tertiary/aromatic N) is 2. The quantitative estimate of drug-likeness (QED) is 0.595. The van der Waals surface area contributed by atoms with Gasteiger partial charge in [0, 0.05) is 0 Å². The van der Waals surface area contributed by atoms with Gasteiger partial charge in [0.1, 0.15) is 5.75 Å². The minimum atomic E-state index is 0.169. The minimum Gasteiger partial charge on any atom is -0.484 e. The summed E-state index contributed by atoms with van der Waals surface area (Å²) in [6.07, 6.45) is 0. The highest BCUT2D eigenvalue weighted by atomic mass is 16.5. The average Bonchev–Trinajstić information content (AvgIpc) is 2.74. The van der Waals surface area contributed by atoms with Crippen LogP contribution in [0.1, 0.15) is 11.5 Å². The summed E-state index contributed by atoms with van der Waals surface area (Å²) in [6.45, 7) is 2.22. The van der Waals surface area contributed by atoms with Gasteiger partial charge in [-0.15, -0.1) is 5.10 Å². The lowest BCUT2D eigenvalue weighted by Gasteiger charge is -2.03. The number of hydrazine groups is 1. The van der Waals surface area contributed by atoms with Crippen LogP contribution in [0.15, 0.2) is 28.7 Å². The first-order chi connectivity index (χ1) is 7.78. The molecule has 6 nitrogen and oxygen atoms in total. The average molecular weight is 220 g/mol. The van der Waals surface area contributed by atoms with E-state index < -0.39 is 0 Å². The molecule has 0 spiro atoms. The number of nitrogens with two attached hydrogens (primary N) is 1. The van der Waals surface area contributed by atoms with Gasteiger partial charge in [0.15, 0.2) is 6.61 Å². The van der Waals surface area contributed by atoms with Crippen LogP contribution in [-0.2, 0) is 6.61 Å². The van der Waals surface area contributed by atoms with Crippen molar-refractivity contribution in [3.8, 4) is 5.75 Å². The summed E-state index contributed by atoms with van der Waals surface area (Å²) < 4.78 is 10.6. The van der Waals surface area contributed by atoms with E-state index in [0.717, 1.165) is 11.3 Å². The van der Waals surface area contributed by atoms with Gasteiger partial charge in [0.2, 0.25) is 0 Å².